The molecule has 1 heterocycles. The van der Waals surface area contributed by atoms with Crippen LogP contribution in [-0.2, 0) is 0 Å². The van der Waals surface area contributed by atoms with Crippen molar-refractivity contribution in [3.8, 4) is 12.3 Å². The topological polar surface area (TPSA) is 0 Å². The molecular weight excluding hydrogens is 264 g/mol. The molecule has 0 bridgehead atoms. The third-order valence-corrected chi connectivity index (χ3v) is 7.76. The molecule has 1 unspecified atom stereocenters. The van der Waals surface area contributed by atoms with Crippen LogP contribution in [0.25, 0.3) is 0 Å². The van der Waals surface area contributed by atoms with Crippen molar-refractivity contribution in [2.45, 2.75) is 28.6 Å². The maximum absolute atomic E-state index is 5.33. The molecule has 3 heteroatoms. The van der Waals surface area contributed by atoms with E-state index in [4.69, 9.17) is 6.42 Å². The maximum Gasteiger partial charge on any atom is 0.0857 e. The fourth-order valence-electron chi connectivity index (χ4n) is 2.28. The van der Waals surface area contributed by atoms with E-state index in [1.54, 1.807) is 0 Å². The fourth-order valence-corrected chi connectivity index (χ4v) is 6.53. The summed E-state index contributed by atoms with van der Waals surface area (Å²) in [4.78, 5) is 0. The molecular formula is C14H18S3. The van der Waals surface area contributed by atoms with Gasteiger partial charge in [-0.2, -0.15) is 0 Å². The molecule has 0 amide bonds. The molecule has 1 aliphatic carbocycles. The predicted molar refractivity (Wildman–Crippen MR) is 84.9 cm³/mol. The van der Waals surface area contributed by atoms with E-state index in [-0.39, 0.29) is 0 Å². The molecule has 2 rings (SSSR count). The summed E-state index contributed by atoms with van der Waals surface area (Å²) in [5.41, 5.74) is 1.44. The van der Waals surface area contributed by atoms with Gasteiger partial charge in [0.15, 0.2) is 0 Å². The van der Waals surface area contributed by atoms with Gasteiger partial charge in [0.1, 0.15) is 0 Å². The summed E-state index contributed by atoms with van der Waals surface area (Å²) >= 11 is 6.12. The largest absolute Gasteiger partial charge is 0.141 e. The fraction of sp³-hybridized carbons (Fsp3) is 0.571. The van der Waals surface area contributed by atoms with Crippen LogP contribution in [0.5, 0.6) is 0 Å². The molecule has 0 saturated carbocycles. The highest BCUT2D eigenvalue weighted by molar-refractivity contribution is 8.19. The SMILES string of the molecule is C#CCSC1C=C(C=C)C2(CC1)SCCCS2. The Balaban J connectivity index is 2.11. The monoisotopic (exact) mass is 282 g/mol. The lowest BCUT2D eigenvalue weighted by atomic mass is 9.98. The van der Waals surface area contributed by atoms with E-state index in [0.29, 0.717) is 9.33 Å². The molecule has 0 radical (unpaired) electrons. The first-order valence-corrected chi connectivity index (χ1v) is 9.00. The zero-order valence-corrected chi connectivity index (χ0v) is 12.4. The molecule has 0 aromatic heterocycles. The van der Waals surface area contributed by atoms with Crippen LogP contribution >= 0.6 is 35.3 Å². The quantitative estimate of drug-likeness (QED) is 0.712. The minimum Gasteiger partial charge on any atom is -0.141 e. The van der Waals surface area contributed by atoms with E-state index >= 15 is 0 Å². The van der Waals surface area contributed by atoms with Gasteiger partial charge in [-0.05, 0) is 36.3 Å². The van der Waals surface area contributed by atoms with Crippen LogP contribution < -0.4 is 0 Å². The zero-order valence-electron chi connectivity index (χ0n) is 9.98. The summed E-state index contributed by atoms with van der Waals surface area (Å²) in [6, 6.07) is 0. The van der Waals surface area contributed by atoms with E-state index in [1.165, 1.54) is 36.3 Å². The van der Waals surface area contributed by atoms with Gasteiger partial charge in [0.05, 0.1) is 9.83 Å². The number of hydrogen-bond acceptors (Lipinski definition) is 3. The van der Waals surface area contributed by atoms with Crippen LogP contribution in [0.2, 0.25) is 0 Å². The summed E-state index contributed by atoms with van der Waals surface area (Å²) in [6.07, 6.45) is 13.7. The van der Waals surface area contributed by atoms with Crippen LogP contribution in [0.15, 0.2) is 24.3 Å². The lowest BCUT2D eigenvalue weighted by Gasteiger charge is -2.41. The number of hydrogen-bond donors (Lipinski definition) is 0. The summed E-state index contributed by atoms with van der Waals surface area (Å²) in [5.74, 6) is 6.12. The molecule has 0 aromatic carbocycles. The van der Waals surface area contributed by atoms with Crippen molar-refractivity contribution < 1.29 is 0 Å². The first kappa shape index (κ1) is 13.5. The third kappa shape index (κ3) is 3.10. The van der Waals surface area contributed by atoms with Crippen molar-refractivity contribution >= 4 is 35.3 Å². The van der Waals surface area contributed by atoms with Gasteiger partial charge in [-0.25, -0.2) is 0 Å². The minimum absolute atomic E-state index is 0.313. The highest BCUT2D eigenvalue weighted by Crippen LogP contribution is 2.53. The van der Waals surface area contributed by atoms with Gasteiger partial charge in [-0.1, -0.05) is 24.7 Å². The van der Waals surface area contributed by atoms with Crippen molar-refractivity contribution in [3.05, 3.63) is 24.3 Å². The molecule has 0 nitrogen and oxygen atoms in total. The van der Waals surface area contributed by atoms with Crippen LogP contribution in [0.4, 0.5) is 0 Å². The van der Waals surface area contributed by atoms with Crippen LogP contribution in [0.1, 0.15) is 19.3 Å². The number of allylic oxidation sites excluding steroid dienone is 1. The lowest BCUT2D eigenvalue weighted by molar-refractivity contribution is 0.700. The number of thioether (sulfide) groups is 3. The molecule has 1 atom stereocenters. The molecule has 1 spiro atoms. The summed E-state index contributed by atoms with van der Waals surface area (Å²) in [6.45, 7) is 4.00. The van der Waals surface area contributed by atoms with Gasteiger partial charge in [-0.3, -0.25) is 0 Å². The van der Waals surface area contributed by atoms with Gasteiger partial charge in [0.25, 0.3) is 0 Å². The Kier molecular flexibility index (Phi) is 5.02. The molecule has 92 valence electrons. The molecule has 1 aliphatic heterocycles. The van der Waals surface area contributed by atoms with Crippen LogP contribution in [0.3, 0.4) is 0 Å². The Morgan fingerprint density at radius 2 is 2.35 bits per heavy atom. The van der Waals surface area contributed by atoms with E-state index < -0.39 is 0 Å². The second kappa shape index (κ2) is 6.31. The van der Waals surface area contributed by atoms with Crippen molar-refractivity contribution in [1.29, 1.82) is 0 Å². The smallest absolute Gasteiger partial charge is 0.0857 e. The second-order valence-corrected chi connectivity index (χ2v) is 8.50. The summed E-state index contributed by atoms with van der Waals surface area (Å²) in [7, 11) is 0. The van der Waals surface area contributed by atoms with Gasteiger partial charge in [0, 0.05) is 5.25 Å². The molecule has 1 saturated heterocycles. The molecule has 0 aromatic rings. The Labute approximate surface area is 117 Å². The first-order valence-electron chi connectivity index (χ1n) is 5.98. The van der Waals surface area contributed by atoms with Gasteiger partial charge >= 0.3 is 0 Å². The molecule has 1 fully saturated rings. The Morgan fingerprint density at radius 1 is 1.59 bits per heavy atom. The normalized spacial score (nSPS) is 27.2. The number of rotatable bonds is 3. The Morgan fingerprint density at radius 3 is 3.00 bits per heavy atom. The average molecular weight is 282 g/mol. The Bertz CT molecular complexity index is 345. The van der Waals surface area contributed by atoms with Gasteiger partial charge in [-0.15, -0.1) is 41.7 Å². The van der Waals surface area contributed by atoms with Crippen LogP contribution in [-0.4, -0.2) is 26.6 Å². The second-order valence-electron chi connectivity index (χ2n) is 4.22. The van der Waals surface area contributed by atoms with E-state index in [9.17, 15) is 0 Å². The maximum atomic E-state index is 5.33. The number of terminal acetylenes is 1. The Hall–Kier alpha value is 0.0900. The first-order chi connectivity index (χ1) is 8.30. The summed E-state index contributed by atoms with van der Waals surface area (Å²) < 4.78 is 0.313. The lowest BCUT2D eigenvalue weighted by Crippen LogP contribution is -2.32. The van der Waals surface area contributed by atoms with E-state index in [0.717, 1.165) is 5.75 Å². The third-order valence-electron chi connectivity index (χ3n) is 3.12. The van der Waals surface area contributed by atoms with Crippen molar-refractivity contribution in [3.63, 3.8) is 0 Å². The highest BCUT2D eigenvalue weighted by atomic mass is 32.2. The summed E-state index contributed by atoms with van der Waals surface area (Å²) in [5, 5.41) is 0.591. The van der Waals surface area contributed by atoms with Gasteiger partial charge in [0.2, 0.25) is 0 Å². The molecule has 2 aliphatic rings. The molecule has 17 heavy (non-hydrogen) atoms. The van der Waals surface area contributed by atoms with Crippen LogP contribution in [0, 0.1) is 12.3 Å². The standard InChI is InChI=1S/C14H18S3/c1-3-8-15-13-6-7-14(12(4-2)11-13)16-9-5-10-17-14/h1,4,11,13H,2,5-10H2. The van der Waals surface area contributed by atoms with E-state index in [2.05, 4.69) is 48.2 Å². The zero-order chi connectivity index (χ0) is 12.1. The molecule has 0 N–H and O–H groups in total. The van der Waals surface area contributed by atoms with Crippen molar-refractivity contribution in [2.75, 3.05) is 17.3 Å². The highest BCUT2D eigenvalue weighted by Gasteiger charge is 2.39. The van der Waals surface area contributed by atoms with Gasteiger partial charge < -0.3 is 0 Å². The van der Waals surface area contributed by atoms with E-state index in [1.807, 2.05) is 11.8 Å². The minimum atomic E-state index is 0.313. The average Bonchev–Trinajstić information content (AvgIpc) is 2.39. The van der Waals surface area contributed by atoms with Crippen molar-refractivity contribution in [2.24, 2.45) is 0 Å². The van der Waals surface area contributed by atoms with Crippen molar-refractivity contribution in [1.82, 2.24) is 0 Å². The predicted octanol–water partition coefficient (Wildman–Crippen LogP) is 4.19.